The largest absolute Gasteiger partial charge is 0.337 e. The topological polar surface area (TPSA) is 107 Å². The van der Waals surface area contributed by atoms with Crippen molar-refractivity contribution in [3.8, 4) is 11.5 Å². The first-order valence-corrected chi connectivity index (χ1v) is 9.06. The van der Waals surface area contributed by atoms with E-state index in [1.807, 2.05) is 32.9 Å². The number of aromatic nitrogens is 4. The molecule has 4 rings (SSSR count). The SMILES string of the molecule is CCC(=O)Nc1cn[nH]c1-c1nc2cc3c(cc2[nH]1)C(C)(C)C(=O)N3CC. The van der Waals surface area contributed by atoms with Gasteiger partial charge in [0.25, 0.3) is 0 Å². The molecule has 8 heteroatoms. The minimum atomic E-state index is -0.570. The van der Waals surface area contributed by atoms with Gasteiger partial charge in [-0.1, -0.05) is 6.92 Å². The average molecular weight is 366 g/mol. The van der Waals surface area contributed by atoms with Crippen LogP contribution in [-0.2, 0) is 15.0 Å². The van der Waals surface area contributed by atoms with Gasteiger partial charge in [-0.25, -0.2) is 4.98 Å². The van der Waals surface area contributed by atoms with Crippen LogP contribution in [0.4, 0.5) is 11.4 Å². The molecule has 2 aromatic heterocycles. The lowest BCUT2D eigenvalue weighted by Gasteiger charge is -2.18. The van der Waals surface area contributed by atoms with Gasteiger partial charge in [0.05, 0.1) is 34.0 Å². The summed E-state index contributed by atoms with van der Waals surface area (Å²) >= 11 is 0. The summed E-state index contributed by atoms with van der Waals surface area (Å²) in [5.41, 5.74) is 4.12. The maximum Gasteiger partial charge on any atom is 0.237 e. The molecule has 0 aliphatic carbocycles. The van der Waals surface area contributed by atoms with Crippen LogP contribution in [0.25, 0.3) is 22.6 Å². The van der Waals surface area contributed by atoms with Gasteiger partial charge in [0, 0.05) is 13.0 Å². The first-order valence-electron chi connectivity index (χ1n) is 9.06. The van der Waals surface area contributed by atoms with Crippen LogP contribution >= 0.6 is 0 Å². The number of imidazole rings is 1. The number of aromatic amines is 2. The number of fused-ring (bicyclic) bond motifs is 2. The third kappa shape index (κ3) is 2.51. The van der Waals surface area contributed by atoms with Crippen LogP contribution < -0.4 is 10.2 Å². The highest BCUT2D eigenvalue weighted by molar-refractivity contribution is 6.09. The van der Waals surface area contributed by atoms with Crippen LogP contribution in [0.5, 0.6) is 0 Å². The molecule has 0 fully saturated rings. The molecule has 8 nitrogen and oxygen atoms in total. The summed E-state index contributed by atoms with van der Waals surface area (Å²) in [5.74, 6) is 0.599. The van der Waals surface area contributed by atoms with Gasteiger partial charge < -0.3 is 15.2 Å². The van der Waals surface area contributed by atoms with Crippen LogP contribution in [0, 0.1) is 0 Å². The maximum absolute atomic E-state index is 12.7. The average Bonchev–Trinajstić information content (AvgIpc) is 3.30. The predicted molar refractivity (Wildman–Crippen MR) is 104 cm³/mol. The fourth-order valence-corrected chi connectivity index (χ4v) is 3.56. The molecule has 3 N–H and O–H groups in total. The van der Waals surface area contributed by atoms with Crippen molar-refractivity contribution in [2.24, 2.45) is 0 Å². The summed E-state index contributed by atoms with van der Waals surface area (Å²) in [6.45, 7) is 8.27. The number of H-pyrrole nitrogens is 2. The van der Waals surface area contributed by atoms with Crippen molar-refractivity contribution in [3.05, 3.63) is 23.9 Å². The second-order valence-corrected chi connectivity index (χ2v) is 7.21. The Morgan fingerprint density at radius 1 is 1.30 bits per heavy atom. The highest BCUT2D eigenvalue weighted by Crippen LogP contribution is 2.43. The molecule has 1 aliphatic rings. The van der Waals surface area contributed by atoms with Gasteiger partial charge in [0.15, 0.2) is 5.82 Å². The number of nitrogens with zero attached hydrogens (tertiary/aromatic N) is 3. The van der Waals surface area contributed by atoms with Gasteiger partial charge >= 0.3 is 0 Å². The Balaban J connectivity index is 1.81. The number of anilines is 2. The minimum absolute atomic E-state index is 0.0911. The number of benzene rings is 1. The zero-order valence-electron chi connectivity index (χ0n) is 15.8. The number of carbonyl (C=O) groups excluding carboxylic acids is 2. The minimum Gasteiger partial charge on any atom is -0.337 e. The number of likely N-dealkylation sites (N-methyl/N-ethyl adjacent to an activating group) is 1. The molecule has 140 valence electrons. The molecule has 3 aromatic rings. The van der Waals surface area contributed by atoms with Gasteiger partial charge in [-0.15, -0.1) is 0 Å². The van der Waals surface area contributed by atoms with Crippen LogP contribution in [0.3, 0.4) is 0 Å². The second kappa shape index (κ2) is 5.94. The third-order valence-electron chi connectivity index (χ3n) is 5.13. The highest BCUT2D eigenvalue weighted by atomic mass is 16.2. The lowest BCUT2D eigenvalue weighted by atomic mass is 9.86. The van der Waals surface area contributed by atoms with E-state index in [0.717, 1.165) is 22.3 Å². The van der Waals surface area contributed by atoms with E-state index < -0.39 is 5.41 Å². The van der Waals surface area contributed by atoms with Crippen molar-refractivity contribution in [1.82, 2.24) is 20.2 Å². The van der Waals surface area contributed by atoms with Crippen molar-refractivity contribution in [2.45, 2.75) is 39.5 Å². The highest BCUT2D eigenvalue weighted by Gasteiger charge is 2.43. The predicted octanol–water partition coefficient (Wildman–Crippen LogP) is 2.95. The van der Waals surface area contributed by atoms with Crippen LogP contribution in [0.2, 0.25) is 0 Å². The first-order chi connectivity index (χ1) is 12.9. The van der Waals surface area contributed by atoms with Crippen LogP contribution in [-0.4, -0.2) is 38.5 Å². The monoisotopic (exact) mass is 366 g/mol. The molecule has 0 atom stereocenters. The summed E-state index contributed by atoms with van der Waals surface area (Å²) in [5, 5.41) is 9.73. The Bertz CT molecular complexity index is 1060. The Morgan fingerprint density at radius 2 is 2.07 bits per heavy atom. The molecule has 3 heterocycles. The molecular formula is C19H22N6O2. The van der Waals surface area contributed by atoms with Gasteiger partial charge in [0.2, 0.25) is 11.8 Å². The molecule has 0 spiro atoms. The standard InChI is InChI=1S/C19H22N6O2/c1-5-15(26)21-13-9-20-24-16(13)17-22-11-7-10-14(8-12(11)23-17)25(6-2)18(27)19(10,3)4/h7-9H,5-6H2,1-4H3,(H,20,24)(H,21,26)(H,22,23). The number of hydrogen-bond donors (Lipinski definition) is 3. The van der Waals surface area contributed by atoms with Gasteiger partial charge in [-0.05, 0) is 38.5 Å². The van der Waals surface area contributed by atoms with E-state index in [-0.39, 0.29) is 11.8 Å². The number of amides is 2. The summed E-state index contributed by atoms with van der Waals surface area (Å²) in [6.07, 6.45) is 1.95. The summed E-state index contributed by atoms with van der Waals surface area (Å²) in [4.78, 5) is 34.1. The zero-order valence-corrected chi connectivity index (χ0v) is 15.8. The van der Waals surface area contributed by atoms with E-state index >= 15 is 0 Å². The van der Waals surface area contributed by atoms with Crippen LogP contribution in [0.1, 0.15) is 39.7 Å². The van der Waals surface area contributed by atoms with E-state index in [4.69, 9.17) is 0 Å². The second-order valence-electron chi connectivity index (χ2n) is 7.21. The van der Waals surface area contributed by atoms with Gasteiger partial charge in [-0.2, -0.15) is 5.10 Å². The molecule has 0 radical (unpaired) electrons. The number of nitrogens with one attached hydrogen (secondary N) is 3. The van der Waals surface area contributed by atoms with Crippen molar-refractivity contribution in [3.63, 3.8) is 0 Å². The Hall–Kier alpha value is -3.16. The lowest BCUT2D eigenvalue weighted by molar-refractivity contribution is -0.122. The molecule has 0 bridgehead atoms. The molecule has 0 saturated carbocycles. The third-order valence-corrected chi connectivity index (χ3v) is 5.13. The smallest absolute Gasteiger partial charge is 0.237 e. The summed E-state index contributed by atoms with van der Waals surface area (Å²) < 4.78 is 0. The molecule has 0 unspecified atom stereocenters. The zero-order chi connectivity index (χ0) is 19.3. The van der Waals surface area contributed by atoms with Gasteiger partial charge in [-0.3, -0.25) is 14.7 Å². The number of carbonyl (C=O) groups is 2. The fraction of sp³-hybridized carbons (Fsp3) is 0.368. The van der Waals surface area contributed by atoms with Crippen molar-refractivity contribution >= 4 is 34.2 Å². The molecule has 1 aromatic carbocycles. The molecule has 2 amide bonds. The lowest BCUT2D eigenvalue weighted by Crippen LogP contribution is -2.35. The van der Waals surface area contributed by atoms with Crippen molar-refractivity contribution in [2.75, 3.05) is 16.8 Å². The Morgan fingerprint density at radius 3 is 2.78 bits per heavy atom. The van der Waals surface area contributed by atoms with E-state index in [9.17, 15) is 9.59 Å². The van der Waals surface area contributed by atoms with Crippen molar-refractivity contribution < 1.29 is 9.59 Å². The van der Waals surface area contributed by atoms with E-state index in [1.54, 1.807) is 18.0 Å². The van der Waals surface area contributed by atoms with Crippen molar-refractivity contribution in [1.29, 1.82) is 0 Å². The molecule has 0 saturated heterocycles. The van der Waals surface area contributed by atoms with E-state index in [0.29, 0.717) is 30.2 Å². The maximum atomic E-state index is 12.7. The van der Waals surface area contributed by atoms with E-state index in [2.05, 4.69) is 25.5 Å². The van der Waals surface area contributed by atoms with Crippen LogP contribution in [0.15, 0.2) is 18.3 Å². The summed E-state index contributed by atoms with van der Waals surface area (Å²) in [6, 6.07) is 3.94. The fourth-order valence-electron chi connectivity index (χ4n) is 3.56. The molecular weight excluding hydrogens is 344 g/mol. The summed E-state index contributed by atoms with van der Waals surface area (Å²) in [7, 11) is 0. The Kier molecular flexibility index (Phi) is 3.80. The molecule has 27 heavy (non-hydrogen) atoms. The molecule has 1 aliphatic heterocycles. The Labute approximate surface area is 156 Å². The number of rotatable bonds is 4. The quantitative estimate of drug-likeness (QED) is 0.660. The van der Waals surface area contributed by atoms with E-state index in [1.165, 1.54) is 0 Å². The first kappa shape index (κ1) is 17.3. The number of hydrogen-bond acceptors (Lipinski definition) is 4. The normalized spacial score (nSPS) is 15.4. The van der Waals surface area contributed by atoms with Gasteiger partial charge in [0.1, 0.15) is 5.69 Å².